The van der Waals surface area contributed by atoms with E-state index < -0.39 is 4.92 Å². The smallest absolute Gasteiger partial charge is 0.270 e. The van der Waals surface area contributed by atoms with E-state index in [1.807, 2.05) is 6.92 Å². The van der Waals surface area contributed by atoms with Gasteiger partial charge in [-0.25, -0.2) is 0 Å². The van der Waals surface area contributed by atoms with Crippen molar-refractivity contribution in [2.24, 2.45) is 5.92 Å². The van der Waals surface area contributed by atoms with Crippen LogP contribution in [0.4, 0.5) is 5.69 Å². The Morgan fingerprint density at radius 1 is 1.58 bits per heavy atom. The maximum atomic E-state index is 12.0. The number of hydrogen-bond donors (Lipinski definition) is 1. The second-order valence-electron chi connectivity index (χ2n) is 4.97. The van der Waals surface area contributed by atoms with Gasteiger partial charge < -0.3 is 5.32 Å². The summed E-state index contributed by atoms with van der Waals surface area (Å²) in [6.45, 7) is 1.95. The van der Waals surface area contributed by atoms with Gasteiger partial charge in [-0.1, -0.05) is 24.4 Å². The van der Waals surface area contributed by atoms with Crippen LogP contribution >= 0.6 is 11.6 Å². The van der Waals surface area contributed by atoms with Crippen molar-refractivity contribution in [1.82, 2.24) is 5.32 Å². The minimum atomic E-state index is -0.538. The summed E-state index contributed by atoms with van der Waals surface area (Å²) in [7, 11) is 0. The Labute approximate surface area is 116 Å². The third-order valence-corrected chi connectivity index (χ3v) is 3.48. The summed E-state index contributed by atoms with van der Waals surface area (Å²) in [6, 6.07) is 3.96. The second kappa shape index (κ2) is 5.57. The highest BCUT2D eigenvalue weighted by atomic mass is 35.5. The average Bonchev–Trinajstić information content (AvgIpc) is 3.12. The van der Waals surface area contributed by atoms with Crippen LogP contribution in [-0.2, 0) is 0 Å². The fourth-order valence-corrected chi connectivity index (χ4v) is 2.28. The van der Waals surface area contributed by atoms with Crippen molar-refractivity contribution in [3.05, 3.63) is 38.9 Å². The first-order chi connectivity index (χ1) is 8.97. The van der Waals surface area contributed by atoms with Crippen LogP contribution in [0, 0.1) is 16.0 Å². The van der Waals surface area contributed by atoms with E-state index in [0.717, 1.165) is 12.3 Å². The Hall–Kier alpha value is -1.62. The van der Waals surface area contributed by atoms with Gasteiger partial charge in [0.15, 0.2) is 0 Å². The molecule has 1 saturated carbocycles. The van der Waals surface area contributed by atoms with Crippen molar-refractivity contribution in [1.29, 1.82) is 0 Å². The summed E-state index contributed by atoms with van der Waals surface area (Å²) < 4.78 is 0. The number of halogens is 1. The highest BCUT2D eigenvalue weighted by Crippen LogP contribution is 2.33. The van der Waals surface area contributed by atoms with E-state index in [9.17, 15) is 14.9 Å². The molecule has 1 aromatic carbocycles. The van der Waals surface area contributed by atoms with Crippen LogP contribution in [0.1, 0.15) is 36.5 Å². The first kappa shape index (κ1) is 13.8. The molecule has 0 aromatic heterocycles. The largest absolute Gasteiger partial charge is 0.350 e. The molecule has 1 atom stereocenters. The monoisotopic (exact) mass is 282 g/mol. The van der Waals surface area contributed by atoms with Crippen molar-refractivity contribution in [3.8, 4) is 0 Å². The lowest BCUT2D eigenvalue weighted by atomic mass is 10.1. The third-order valence-electron chi connectivity index (χ3n) is 3.17. The van der Waals surface area contributed by atoms with Crippen LogP contribution in [0.2, 0.25) is 5.02 Å². The Balaban J connectivity index is 2.03. The van der Waals surface area contributed by atoms with E-state index in [1.165, 1.54) is 31.0 Å². The van der Waals surface area contributed by atoms with Crippen LogP contribution in [-0.4, -0.2) is 16.9 Å². The fraction of sp³-hybridized carbons (Fsp3) is 0.462. The zero-order valence-electron chi connectivity index (χ0n) is 10.6. The highest BCUT2D eigenvalue weighted by molar-refractivity contribution is 6.34. The molecule has 1 aliphatic rings. The van der Waals surface area contributed by atoms with E-state index >= 15 is 0 Å². The van der Waals surface area contributed by atoms with Crippen molar-refractivity contribution in [2.45, 2.75) is 32.2 Å². The van der Waals surface area contributed by atoms with Crippen molar-refractivity contribution >= 4 is 23.2 Å². The van der Waals surface area contributed by atoms with Crippen LogP contribution in [0.3, 0.4) is 0 Å². The van der Waals surface area contributed by atoms with Gasteiger partial charge in [-0.2, -0.15) is 0 Å². The molecule has 1 fully saturated rings. The average molecular weight is 283 g/mol. The molecule has 0 radical (unpaired) electrons. The molecule has 1 amide bonds. The van der Waals surface area contributed by atoms with E-state index in [4.69, 9.17) is 11.6 Å². The fourth-order valence-electron chi connectivity index (χ4n) is 2.02. The van der Waals surface area contributed by atoms with Crippen molar-refractivity contribution < 1.29 is 9.72 Å². The summed E-state index contributed by atoms with van der Waals surface area (Å²) >= 11 is 5.90. The molecule has 0 heterocycles. The van der Waals surface area contributed by atoms with Crippen LogP contribution in [0.15, 0.2) is 18.2 Å². The predicted molar refractivity (Wildman–Crippen MR) is 72.4 cm³/mol. The predicted octanol–water partition coefficient (Wildman–Crippen LogP) is 3.17. The van der Waals surface area contributed by atoms with E-state index in [0.29, 0.717) is 0 Å². The Bertz CT molecular complexity index is 515. The summed E-state index contributed by atoms with van der Waals surface area (Å²) in [5.74, 6) is 0.440. The summed E-state index contributed by atoms with van der Waals surface area (Å²) in [4.78, 5) is 22.0. The van der Waals surface area contributed by atoms with E-state index in [1.54, 1.807) is 0 Å². The first-order valence-corrected chi connectivity index (χ1v) is 6.60. The lowest BCUT2D eigenvalue weighted by molar-refractivity contribution is -0.384. The van der Waals surface area contributed by atoms with Gasteiger partial charge >= 0.3 is 0 Å². The number of nitro groups is 1. The zero-order chi connectivity index (χ0) is 14.0. The summed E-state index contributed by atoms with van der Waals surface area (Å²) in [5.41, 5.74) is 0.155. The number of nitro benzene ring substituents is 1. The summed E-state index contributed by atoms with van der Waals surface area (Å²) in [6.07, 6.45) is 3.44. The Morgan fingerprint density at radius 3 is 2.79 bits per heavy atom. The van der Waals surface area contributed by atoms with Crippen LogP contribution in [0.5, 0.6) is 0 Å². The molecular weight excluding hydrogens is 268 g/mol. The molecule has 0 spiro atoms. The maximum Gasteiger partial charge on any atom is 0.270 e. The van der Waals surface area contributed by atoms with Gasteiger partial charge in [0.05, 0.1) is 15.5 Å². The zero-order valence-corrected chi connectivity index (χ0v) is 11.3. The lowest BCUT2D eigenvalue weighted by Gasteiger charge is -2.13. The normalized spacial score (nSPS) is 15.9. The molecule has 6 heteroatoms. The maximum absolute atomic E-state index is 12.0. The van der Waals surface area contributed by atoms with E-state index in [2.05, 4.69) is 5.32 Å². The Kier molecular flexibility index (Phi) is 4.04. The SMILES string of the molecule is CC(CC1CC1)NC(=O)c1ccc([N+](=O)[O-])cc1Cl. The third kappa shape index (κ3) is 3.67. The number of rotatable bonds is 5. The van der Waals surface area contributed by atoms with Crippen LogP contribution < -0.4 is 5.32 Å². The van der Waals surface area contributed by atoms with Gasteiger partial charge in [0.1, 0.15) is 0 Å². The second-order valence-corrected chi connectivity index (χ2v) is 5.38. The van der Waals surface area contributed by atoms with Crippen LogP contribution in [0.25, 0.3) is 0 Å². The minimum absolute atomic E-state index is 0.0891. The van der Waals surface area contributed by atoms with E-state index in [-0.39, 0.29) is 28.2 Å². The summed E-state index contributed by atoms with van der Waals surface area (Å²) in [5, 5.41) is 13.6. The van der Waals surface area contributed by atoms with Gasteiger partial charge in [0, 0.05) is 18.2 Å². The van der Waals surface area contributed by atoms with Crippen molar-refractivity contribution in [2.75, 3.05) is 0 Å². The van der Waals surface area contributed by atoms with Gasteiger partial charge in [0.25, 0.3) is 11.6 Å². The number of carbonyl (C=O) groups is 1. The van der Waals surface area contributed by atoms with Crippen molar-refractivity contribution in [3.63, 3.8) is 0 Å². The molecule has 1 N–H and O–H groups in total. The number of nitrogens with one attached hydrogen (secondary N) is 1. The number of amides is 1. The van der Waals surface area contributed by atoms with Gasteiger partial charge in [-0.15, -0.1) is 0 Å². The molecule has 0 bridgehead atoms. The Morgan fingerprint density at radius 2 is 2.26 bits per heavy atom. The molecule has 1 aromatic rings. The number of carbonyl (C=O) groups excluding carboxylic acids is 1. The standard InChI is InChI=1S/C13H15ClN2O3/c1-8(6-9-2-3-9)15-13(17)11-5-4-10(16(18)19)7-12(11)14/h4-5,7-9H,2-3,6H2,1H3,(H,15,17). The minimum Gasteiger partial charge on any atom is -0.350 e. The molecule has 2 rings (SSSR count). The molecule has 19 heavy (non-hydrogen) atoms. The molecule has 102 valence electrons. The highest BCUT2D eigenvalue weighted by Gasteiger charge is 2.25. The number of benzene rings is 1. The molecule has 0 saturated heterocycles. The van der Waals surface area contributed by atoms with Gasteiger partial charge in [-0.3, -0.25) is 14.9 Å². The number of nitrogens with zero attached hydrogens (tertiary/aromatic N) is 1. The molecule has 0 aliphatic heterocycles. The topological polar surface area (TPSA) is 72.2 Å². The molecule has 5 nitrogen and oxygen atoms in total. The quantitative estimate of drug-likeness (QED) is 0.666. The number of non-ortho nitro benzene ring substituents is 1. The first-order valence-electron chi connectivity index (χ1n) is 6.22. The molecular formula is C13H15ClN2O3. The molecule has 1 aliphatic carbocycles. The number of hydrogen-bond acceptors (Lipinski definition) is 3. The van der Waals surface area contributed by atoms with Gasteiger partial charge in [-0.05, 0) is 25.3 Å². The van der Waals surface area contributed by atoms with Gasteiger partial charge in [0.2, 0.25) is 0 Å². The lowest BCUT2D eigenvalue weighted by Crippen LogP contribution is -2.33. The molecule has 1 unspecified atom stereocenters.